The molecule has 166 valence electrons. The maximum Gasteiger partial charge on any atom is 0.234 e. The van der Waals surface area contributed by atoms with E-state index < -0.39 is 0 Å². The molecule has 0 bridgehead atoms. The van der Waals surface area contributed by atoms with Gasteiger partial charge in [-0.2, -0.15) is 5.26 Å². The van der Waals surface area contributed by atoms with Gasteiger partial charge in [-0.05, 0) is 44.4 Å². The Morgan fingerprint density at radius 1 is 1.30 bits per heavy atom. The number of nitrogens with one attached hydrogen (secondary N) is 3. The van der Waals surface area contributed by atoms with Crippen molar-refractivity contribution in [2.75, 3.05) is 32.7 Å². The average molecular weight is 530 g/mol. The van der Waals surface area contributed by atoms with Crippen LogP contribution in [0.2, 0.25) is 0 Å². The van der Waals surface area contributed by atoms with Crippen LogP contribution in [0.5, 0.6) is 0 Å². The Kier molecular flexibility index (Phi) is 12.3. The molecule has 0 aliphatic carbocycles. The second kappa shape index (κ2) is 14.1. The zero-order valence-electron chi connectivity index (χ0n) is 17.7. The first-order chi connectivity index (χ1) is 14.0. The summed E-state index contributed by atoms with van der Waals surface area (Å²) in [5.41, 5.74) is 0.819. The summed E-state index contributed by atoms with van der Waals surface area (Å²) >= 11 is 0. The van der Waals surface area contributed by atoms with E-state index in [9.17, 15) is 9.18 Å². The molecule has 3 N–H and O–H groups in total. The van der Waals surface area contributed by atoms with Gasteiger partial charge in [0.1, 0.15) is 5.82 Å². The topological polar surface area (TPSA) is 92.6 Å². The highest BCUT2D eigenvalue weighted by atomic mass is 127. The molecule has 1 amide bonds. The second-order valence-corrected chi connectivity index (χ2v) is 7.16. The number of nitrogens with zero attached hydrogens (tertiary/aromatic N) is 3. The van der Waals surface area contributed by atoms with Crippen LogP contribution in [0, 0.1) is 17.1 Å². The van der Waals surface area contributed by atoms with Crippen molar-refractivity contribution in [2.45, 2.75) is 45.7 Å². The lowest BCUT2D eigenvalue weighted by Gasteiger charge is -2.32. The molecular weight excluding hydrogens is 498 g/mol. The van der Waals surface area contributed by atoms with Crippen molar-refractivity contribution in [1.82, 2.24) is 20.9 Å². The van der Waals surface area contributed by atoms with Crippen molar-refractivity contribution in [1.29, 1.82) is 5.26 Å². The highest BCUT2D eigenvalue weighted by Crippen LogP contribution is 2.12. The fourth-order valence-electron chi connectivity index (χ4n) is 3.20. The fraction of sp³-hybridized carbons (Fsp3) is 0.571. The van der Waals surface area contributed by atoms with E-state index in [2.05, 4.69) is 25.8 Å². The van der Waals surface area contributed by atoms with E-state index >= 15 is 0 Å². The largest absolute Gasteiger partial charge is 0.357 e. The lowest BCUT2D eigenvalue weighted by Crippen LogP contribution is -2.50. The SMILES string of the molecule is CCCNC(=O)CN1CCC(NC(=NCc2cc(C#N)ccc2F)NCC)CC1.I. The molecule has 1 aromatic rings. The number of carbonyl (C=O) groups excluding carboxylic acids is 1. The van der Waals surface area contributed by atoms with Crippen LogP contribution < -0.4 is 16.0 Å². The molecule has 0 aromatic heterocycles. The number of carbonyl (C=O) groups is 1. The molecule has 1 aliphatic heterocycles. The van der Waals surface area contributed by atoms with E-state index in [1.54, 1.807) is 0 Å². The molecule has 0 unspecified atom stereocenters. The van der Waals surface area contributed by atoms with Gasteiger partial charge in [0, 0.05) is 37.8 Å². The van der Waals surface area contributed by atoms with E-state index in [1.165, 1.54) is 18.2 Å². The highest BCUT2D eigenvalue weighted by Gasteiger charge is 2.21. The van der Waals surface area contributed by atoms with Crippen molar-refractivity contribution < 1.29 is 9.18 Å². The van der Waals surface area contributed by atoms with Crippen LogP contribution in [-0.2, 0) is 11.3 Å². The minimum Gasteiger partial charge on any atom is -0.357 e. The Morgan fingerprint density at radius 2 is 2.03 bits per heavy atom. The fourth-order valence-corrected chi connectivity index (χ4v) is 3.20. The van der Waals surface area contributed by atoms with Gasteiger partial charge in [0.25, 0.3) is 0 Å². The third kappa shape index (κ3) is 8.83. The number of guanidine groups is 1. The summed E-state index contributed by atoms with van der Waals surface area (Å²) in [6, 6.07) is 6.57. The number of piperidine rings is 1. The van der Waals surface area contributed by atoms with Crippen molar-refractivity contribution in [3.05, 3.63) is 35.1 Å². The summed E-state index contributed by atoms with van der Waals surface area (Å²) < 4.78 is 14.0. The molecule has 30 heavy (non-hydrogen) atoms. The Balaban J connectivity index is 0.00000450. The van der Waals surface area contributed by atoms with Gasteiger partial charge in [-0.1, -0.05) is 6.92 Å². The summed E-state index contributed by atoms with van der Waals surface area (Å²) in [5.74, 6) is 0.349. The number of benzene rings is 1. The Hall–Kier alpha value is -1.93. The molecule has 0 spiro atoms. The van der Waals surface area contributed by atoms with Gasteiger partial charge in [0.15, 0.2) is 5.96 Å². The standard InChI is InChI=1S/C21H31FN6O.HI/c1-3-9-25-20(29)15-28-10-7-18(8-11-28)27-21(24-4-2)26-14-17-12-16(13-23)5-6-19(17)22;/h5-6,12,18H,3-4,7-11,14-15H2,1-2H3,(H,25,29)(H2,24,26,27);1H. The number of halogens is 2. The van der Waals surface area contributed by atoms with E-state index in [4.69, 9.17) is 5.26 Å². The van der Waals surface area contributed by atoms with Crippen molar-refractivity contribution in [2.24, 2.45) is 4.99 Å². The van der Waals surface area contributed by atoms with Gasteiger partial charge < -0.3 is 16.0 Å². The first kappa shape index (κ1) is 26.1. The molecule has 1 saturated heterocycles. The smallest absolute Gasteiger partial charge is 0.234 e. The third-order valence-electron chi connectivity index (χ3n) is 4.79. The second-order valence-electron chi connectivity index (χ2n) is 7.16. The van der Waals surface area contributed by atoms with Gasteiger partial charge in [-0.3, -0.25) is 9.69 Å². The van der Waals surface area contributed by atoms with Crippen LogP contribution in [0.1, 0.15) is 44.2 Å². The minimum atomic E-state index is -0.363. The van der Waals surface area contributed by atoms with Gasteiger partial charge in [-0.15, -0.1) is 24.0 Å². The van der Waals surface area contributed by atoms with Crippen molar-refractivity contribution in [3.63, 3.8) is 0 Å². The molecule has 1 fully saturated rings. The summed E-state index contributed by atoms with van der Waals surface area (Å²) in [4.78, 5) is 18.5. The molecule has 9 heteroatoms. The molecule has 0 atom stereocenters. The number of hydrogen-bond acceptors (Lipinski definition) is 4. The van der Waals surface area contributed by atoms with Crippen LogP contribution in [0.15, 0.2) is 23.2 Å². The predicted octanol–water partition coefficient (Wildman–Crippen LogP) is 2.36. The van der Waals surface area contributed by atoms with Gasteiger partial charge in [0.05, 0.1) is 24.7 Å². The first-order valence-corrected chi connectivity index (χ1v) is 10.3. The zero-order valence-corrected chi connectivity index (χ0v) is 20.0. The number of nitriles is 1. The van der Waals surface area contributed by atoms with Gasteiger partial charge >= 0.3 is 0 Å². The summed E-state index contributed by atoms with van der Waals surface area (Å²) in [5, 5.41) is 18.5. The predicted molar refractivity (Wildman–Crippen MR) is 127 cm³/mol. The third-order valence-corrected chi connectivity index (χ3v) is 4.79. The number of rotatable bonds is 8. The molecule has 1 heterocycles. The van der Waals surface area contributed by atoms with Gasteiger partial charge in [-0.25, -0.2) is 9.38 Å². The van der Waals surface area contributed by atoms with E-state index in [1.807, 2.05) is 19.9 Å². The first-order valence-electron chi connectivity index (χ1n) is 10.3. The van der Waals surface area contributed by atoms with Crippen LogP contribution in [0.4, 0.5) is 4.39 Å². The van der Waals surface area contributed by atoms with E-state index in [0.29, 0.717) is 30.2 Å². The zero-order chi connectivity index (χ0) is 21.1. The Bertz CT molecular complexity index is 744. The Morgan fingerprint density at radius 3 is 2.67 bits per heavy atom. The molecule has 7 nitrogen and oxygen atoms in total. The minimum absolute atomic E-state index is 0. The summed E-state index contributed by atoms with van der Waals surface area (Å²) in [6.45, 7) is 7.72. The lowest BCUT2D eigenvalue weighted by atomic mass is 10.1. The summed E-state index contributed by atoms with van der Waals surface area (Å²) in [6.07, 6.45) is 2.75. The van der Waals surface area contributed by atoms with Crippen LogP contribution in [0.25, 0.3) is 0 Å². The molecule has 0 radical (unpaired) electrons. The molecule has 0 saturated carbocycles. The highest BCUT2D eigenvalue weighted by molar-refractivity contribution is 14.0. The maximum absolute atomic E-state index is 14.0. The molecule has 1 aliphatic rings. The van der Waals surface area contributed by atoms with E-state index in [-0.39, 0.29) is 48.3 Å². The maximum atomic E-state index is 14.0. The van der Waals surface area contributed by atoms with Crippen LogP contribution >= 0.6 is 24.0 Å². The average Bonchev–Trinajstić information content (AvgIpc) is 2.73. The summed E-state index contributed by atoms with van der Waals surface area (Å²) in [7, 11) is 0. The lowest BCUT2D eigenvalue weighted by molar-refractivity contribution is -0.122. The number of hydrogen-bond donors (Lipinski definition) is 3. The van der Waals surface area contributed by atoms with Gasteiger partial charge in [0.2, 0.25) is 5.91 Å². The number of aliphatic imine (C=N–C) groups is 1. The normalized spacial score (nSPS) is 15.1. The van der Waals surface area contributed by atoms with Crippen molar-refractivity contribution in [3.8, 4) is 6.07 Å². The quantitative estimate of drug-likeness (QED) is 0.273. The monoisotopic (exact) mass is 530 g/mol. The molecule has 1 aromatic carbocycles. The number of likely N-dealkylation sites (tertiary alicyclic amines) is 1. The van der Waals surface area contributed by atoms with Crippen LogP contribution in [0.3, 0.4) is 0 Å². The van der Waals surface area contributed by atoms with Crippen molar-refractivity contribution >= 4 is 35.8 Å². The van der Waals surface area contributed by atoms with Crippen LogP contribution in [-0.4, -0.2) is 55.5 Å². The Labute approximate surface area is 195 Å². The molecule has 2 rings (SSSR count). The number of amides is 1. The van der Waals surface area contributed by atoms with E-state index in [0.717, 1.165) is 38.9 Å². The molecular formula is C21H32FIN6O.